The van der Waals surface area contributed by atoms with Gasteiger partial charge in [-0.2, -0.15) is 0 Å². The Kier molecular flexibility index (Phi) is 34.2. The van der Waals surface area contributed by atoms with E-state index in [2.05, 4.69) is 18.6 Å². The molecule has 0 aromatic carbocycles. The van der Waals surface area contributed by atoms with E-state index in [1.54, 1.807) is 0 Å². The van der Waals surface area contributed by atoms with Gasteiger partial charge < -0.3 is 14.3 Å². The SMILES string of the molecule is CCCCCCCCCCCCCCCCOCCCCCCCCCCCCCCCC.O=CC1CO1. The van der Waals surface area contributed by atoms with E-state index in [0.29, 0.717) is 6.61 Å². The van der Waals surface area contributed by atoms with E-state index in [1.165, 1.54) is 180 Å². The second kappa shape index (κ2) is 34.6. The van der Waals surface area contributed by atoms with Crippen molar-refractivity contribution in [1.82, 2.24) is 0 Å². The van der Waals surface area contributed by atoms with E-state index >= 15 is 0 Å². The Labute approximate surface area is 240 Å². The van der Waals surface area contributed by atoms with E-state index in [1.807, 2.05) is 0 Å². The van der Waals surface area contributed by atoms with Gasteiger partial charge in [-0.15, -0.1) is 0 Å². The molecule has 1 atom stereocenters. The highest BCUT2D eigenvalue weighted by Gasteiger charge is 2.19. The molecule has 1 rings (SSSR count). The van der Waals surface area contributed by atoms with Crippen molar-refractivity contribution >= 4 is 6.29 Å². The molecule has 38 heavy (non-hydrogen) atoms. The molecule has 1 aliphatic rings. The van der Waals surface area contributed by atoms with Gasteiger partial charge in [0.15, 0.2) is 6.29 Å². The quantitative estimate of drug-likeness (QED) is 0.0500. The van der Waals surface area contributed by atoms with Crippen molar-refractivity contribution in [2.75, 3.05) is 19.8 Å². The molecule has 0 N–H and O–H groups in total. The number of carbonyl (C=O) groups is 1. The number of epoxide rings is 1. The highest BCUT2D eigenvalue weighted by molar-refractivity contribution is 5.58. The highest BCUT2D eigenvalue weighted by Crippen LogP contribution is 2.14. The molecule has 0 saturated carbocycles. The van der Waals surface area contributed by atoms with E-state index in [0.717, 1.165) is 19.5 Å². The van der Waals surface area contributed by atoms with Crippen molar-refractivity contribution in [1.29, 1.82) is 0 Å². The zero-order chi connectivity index (χ0) is 27.6. The molecule has 0 aliphatic carbocycles. The zero-order valence-electron chi connectivity index (χ0n) is 26.3. The lowest BCUT2D eigenvalue weighted by Crippen LogP contribution is -1.97. The fourth-order valence-electron chi connectivity index (χ4n) is 5.03. The minimum Gasteiger partial charge on any atom is -0.381 e. The molecule has 0 radical (unpaired) electrons. The first kappa shape index (κ1) is 37.6. The molecule has 0 spiro atoms. The predicted molar refractivity (Wildman–Crippen MR) is 167 cm³/mol. The van der Waals surface area contributed by atoms with Crippen LogP contribution in [0.1, 0.15) is 194 Å². The molecule has 1 unspecified atom stereocenters. The van der Waals surface area contributed by atoms with E-state index in [-0.39, 0.29) is 6.10 Å². The van der Waals surface area contributed by atoms with Crippen LogP contribution in [0.4, 0.5) is 0 Å². The summed E-state index contributed by atoms with van der Waals surface area (Å²) in [7, 11) is 0. The molecule has 3 nitrogen and oxygen atoms in total. The molecule has 1 fully saturated rings. The van der Waals surface area contributed by atoms with Crippen LogP contribution in [0, 0.1) is 0 Å². The minimum absolute atomic E-state index is 0.0463. The molecule has 0 amide bonds. The Hall–Kier alpha value is -0.410. The highest BCUT2D eigenvalue weighted by atomic mass is 16.6. The number of unbranched alkanes of at least 4 members (excludes halogenated alkanes) is 26. The molecular weight excluding hydrogens is 468 g/mol. The van der Waals surface area contributed by atoms with Crippen LogP contribution in [-0.2, 0) is 14.3 Å². The normalized spacial score (nSPS) is 14.3. The average molecular weight is 539 g/mol. The average Bonchev–Trinajstić information content (AvgIpc) is 3.78. The second-order valence-corrected chi connectivity index (χ2v) is 11.8. The zero-order valence-corrected chi connectivity index (χ0v) is 26.3. The van der Waals surface area contributed by atoms with Gasteiger partial charge in [-0.05, 0) is 12.8 Å². The Morgan fingerprint density at radius 2 is 0.711 bits per heavy atom. The van der Waals surface area contributed by atoms with Crippen LogP contribution in [0.15, 0.2) is 0 Å². The van der Waals surface area contributed by atoms with Crippen molar-refractivity contribution in [3.05, 3.63) is 0 Å². The number of hydrogen-bond acceptors (Lipinski definition) is 3. The number of hydrogen-bond donors (Lipinski definition) is 0. The molecule has 0 aromatic heterocycles. The molecule has 0 bridgehead atoms. The van der Waals surface area contributed by atoms with E-state index in [9.17, 15) is 4.79 Å². The van der Waals surface area contributed by atoms with Crippen LogP contribution in [0.3, 0.4) is 0 Å². The maximum atomic E-state index is 9.44. The summed E-state index contributed by atoms with van der Waals surface area (Å²) < 4.78 is 10.3. The third-order valence-corrected chi connectivity index (χ3v) is 7.80. The smallest absolute Gasteiger partial charge is 0.151 e. The number of carbonyl (C=O) groups excluding carboxylic acids is 1. The minimum atomic E-state index is -0.0463. The van der Waals surface area contributed by atoms with Crippen LogP contribution in [0.5, 0.6) is 0 Å². The van der Waals surface area contributed by atoms with Crippen LogP contribution < -0.4 is 0 Å². The first-order chi connectivity index (χ1) is 18.8. The summed E-state index contributed by atoms with van der Waals surface area (Å²) in [5.74, 6) is 0. The molecule has 0 aromatic rings. The lowest BCUT2D eigenvalue weighted by Gasteiger charge is -2.05. The first-order valence-corrected chi connectivity index (χ1v) is 17.5. The summed E-state index contributed by atoms with van der Waals surface area (Å²) in [6.45, 7) is 7.24. The standard InChI is InChI=1S/C32H66O.C3H4O2/c1-3-5-7-9-11-13-15-17-19-21-23-25-27-29-31-33-32-30-28-26-24-22-20-18-16-14-12-10-8-6-4-2;4-1-3-2-5-3/h3-32H2,1-2H3;1,3H,2H2. The maximum Gasteiger partial charge on any atom is 0.151 e. The lowest BCUT2D eigenvalue weighted by molar-refractivity contribution is -0.108. The summed E-state index contributed by atoms with van der Waals surface area (Å²) in [5.41, 5.74) is 0. The Morgan fingerprint density at radius 1 is 0.474 bits per heavy atom. The Morgan fingerprint density at radius 3 is 0.895 bits per heavy atom. The van der Waals surface area contributed by atoms with Gasteiger partial charge >= 0.3 is 0 Å². The van der Waals surface area contributed by atoms with Crippen molar-refractivity contribution in [3.63, 3.8) is 0 Å². The third kappa shape index (κ3) is 35.6. The van der Waals surface area contributed by atoms with Gasteiger partial charge in [0.1, 0.15) is 6.10 Å². The maximum absolute atomic E-state index is 9.44. The van der Waals surface area contributed by atoms with Crippen LogP contribution in [0.2, 0.25) is 0 Å². The van der Waals surface area contributed by atoms with Gasteiger partial charge in [0.2, 0.25) is 0 Å². The van der Waals surface area contributed by atoms with Gasteiger partial charge in [0.05, 0.1) is 6.61 Å². The van der Waals surface area contributed by atoms with Gasteiger partial charge in [0, 0.05) is 13.2 Å². The fourth-order valence-corrected chi connectivity index (χ4v) is 5.03. The summed E-state index contributed by atoms with van der Waals surface area (Å²) in [6, 6.07) is 0. The van der Waals surface area contributed by atoms with Crippen molar-refractivity contribution in [3.8, 4) is 0 Å². The molecule has 3 heteroatoms. The monoisotopic (exact) mass is 539 g/mol. The van der Waals surface area contributed by atoms with Crippen molar-refractivity contribution < 1.29 is 14.3 Å². The molecule has 228 valence electrons. The third-order valence-electron chi connectivity index (χ3n) is 7.80. The summed E-state index contributed by atoms with van der Waals surface area (Å²) in [5, 5.41) is 0. The summed E-state index contributed by atoms with van der Waals surface area (Å²) >= 11 is 0. The van der Waals surface area contributed by atoms with Gasteiger partial charge in [0.25, 0.3) is 0 Å². The lowest BCUT2D eigenvalue weighted by atomic mass is 10.0. The van der Waals surface area contributed by atoms with Gasteiger partial charge in [-0.3, -0.25) is 0 Å². The molecule has 1 heterocycles. The Bertz CT molecular complexity index is 391. The Balaban J connectivity index is 0.00000242. The predicted octanol–water partition coefficient (Wildman–Crippen LogP) is 11.5. The largest absolute Gasteiger partial charge is 0.381 e. The summed E-state index contributed by atoms with van der Waals surface area (Å²) in [6.07, 6.45) is 40.8. The van der Waals surface area contributed by atoms with Gasteiger partial charge in [-0.1, -0.05) is 181 Å². The second-order valence-electron chi connectivity index (χ2n) is 11.8. The number of aldehydes is 1. The van der Waals surface area contributed by atoms with Crippen LogP contribution in [0.25, 0.3) is 0 Å². The van der Waals surface area contributed by atoms with Crippen LogP contribution >= 0.6 is 0 Å². The summed E-state index contributed by atoms with van der Waals surface area (Å²) in [4.78, 5) is 9.44. The molecule has 1 aliphatic heterocycles. The van der Waals surface area contributed by atoms with Gasteiger partial charge in [-0.25, -0.2) is 0 Å². The number of rotatable bonds is 31. The topological polar surface area (TPSA) is 38.8 Å². The first-order valence-electron chi connectivity index (χ1n) is 17.5. The molecule has 1 saturated heterocycles. The van der Waals surface area contributed by atoms with E-state index < -0.39 is 0 Å². The van der Waals surface area contributed by atoms with E-state index in [4.69, 9.17) is 4.74 Å². The van der Waals surface area contributed by atoms with Crippen LogP contribution in [-0.4, -0.2) is 32.2 Å². The molecular formula is C35H70O3. The van der Waals surface area contributed by atoms with Crippen molar-refractivity contribution in [2.24, 2.45) is 0 Å². The van der Waals surface area contributed by atoms with Crippen molar-refractivity contribution in [2.45, 2.75) is 200 Å². The number of ether oxygens (including phenoxy) is 2. The fraction of sp³-hybridized carbons (Fsp3) is 0.971.